The van der Waals surface area contributed by atoms with Crippen molar-refractivity contribution in [1.29, 1.82) is 0 Å². The minimum absolute atomic E-state index is 0.341. The minimum atomic E-state index is -0.934. The van der Waals surface area contributed by atoms with E-state index >= 15 is 0 Å². The highest BCUT2D eigenvalue weighted by atomic mass is 16.5. The van der Waals surface area contributed by atoms with Crippen molar-refractivity contribution >= 4 is 11.5 Å². The Labute approximate surface area is 190 Å². The average Bonchev–Trinajstić information content (AvgIpc) is 2.83. The molecule has 32 heavy (non-hydrogen) atoms. The van der Waals surface area contributed by atoms with Crippen molar-refractivity contribution in [3.8, 4) is 16.9 Å². The summed E-state index contributed by atoms with van der Waals surface area (Å²) in [6.07, 6.45) is 2.37. The van der Waals surface area contributed by atoms with Gasteiger partial charge in [0.2, 0.25) is 0 Å². The van der Waals surface area contributed by atoms with Crippen LogP contribution in [-0.2, 0) is 16.0 Å². The quantitative estimate of drug-likeness (QED) is 0.390. The van der Waals surface area contributed by atoms with Gasteiger partial charge in [-0.2, -0.15) is 0 Å². The maximum atomic E-state index is 11.3. The van der Waals surface area contributed by atoms with E-state index in [0.29, 0.717) is 19.6 Å². The molecule has 0 spiro atoms. The van der Waals surface area contributed by atoms with E-state index in [-0.39, 0.29) is 0 Å². The average molecular weight is 431 g/mol. The van der Waals surface area contributed by atoms with Crippen molar-refractivity contribution in [1.82, 2.24) is 0 Å². The number of carbonyl (C=O) groups is 1. The standard InChI is InChI=1S/C28H30O4/c1-3-18-32-27(28(29)30)20-22-9-15-26(16-10-22)31-19-17-21(2)23-11-13-25(14-12-23)24-7-5-4-6-8-24/h4-17,27H,3,18-20H2,1-2H3,(H,29,30). The lowest BCUT2D eigenvalue weighted by Crippen LogP contribution is -2.26. The van der Waals surface area contributed by atoms with Gasteiger partial charge in [0.15, 0.2) is 6.10 Å². The lowest BCUT2D eigenvalue weighted by atomic mass is 10.0. The second-order valence-corrected chi connectivity index (χ2v) is 7.69. The Morgan fingerprint density at radius 1 is 0.938 bits per heavy atom. The van der Waals surface area contributed by atoms with Crippen molar-refractivity contribution in [2.75, 3.05) is 13.2 Å². The summed E-state index contributed by atoms with van der Waals surface area (Å²) in [5, 5.41) is 9.29. The van der Waals surface area contributed by atoms with Crippen molar-refractivity contribution in [3.63, 3.8) is 0 Å². The molecule has 0 aromatic heterocycles. The van der Waals surface area contributed by atoms with E-state index < -0.39 is 12.1 Å². The number of allylic oxidation sites excluding steroid dienone is 1. The Morgan fingerprint density at radius 3 is 2.22 bits per heavy atom. The number of carboxylic acid groups (broad SMARTS) is 1. The van der Waals surface area contributed by atoms with E-state index in [9.17, 15) is 9.90 Å². The predicted molar refractivity (Wildman–Crippen MR) is 129 cm³/mol. The Morgan fingerprint density at radius 2 is 1.59 bits per heavy atom. The van der Waals surface area contributed by atoms with Crippen LogP contribution < -0.4 is 4.74 Å². The summed E-state index contributed by atoms with van der Waals surface area (Å²) in [7, 11) is 0. The number of carboxylic acids is 1. The Hall–Kier alpha value is -3.37. The van der Waals surface area contributed by atoms with E-state index in [1.807, 2.05) is 49.4 Å². The Kier molecular flexibility index (Phi) is 8.64. The van der Waals surface area contributed by atoms with Gasteiger partial charge >= 0.3 is 5.97 Å². The normalized spacial score (nSPS) is 12.4. The van der Waals surface area contributed by atoms with E-state index in [2.05, 4.69) is 49.4 Å². The molecule has 0 aliphatic carbocycles. The third kappa shape index (κ3) is 6.82. The fourth-order valence-corrected chi connectivity index (χ4v) is 3.35. The molecule has 1 atom stereocenters. The molecule has 0 saturated carbocycles. The number of benzene rings is 3. The molecule has 0 radical (unpaired) electrons. The van der Waals surface area contributed by atoms with Crippen molar-refractivity contribution in [2.45, 2.75) is 32.8 Å². The van der Waals surface area contributed by atoms with Crippen LogP contribution in [0.2, 0.25) is 0 Å². The molecule has 3 aromatic rings. The molecule has 0 aliphatic heterocycles. The lowest BCUT2D eigenvalue weighted by Gasteiger charge is -2.13. The molecule has 0 aliphatic rings. The molecule has 1 N–H and O–H groups in total. The smallest absolute Gasteiger partial charge is 0.333 e. The van der Waals surface area contributed by atoms with Gasteiger partial charge in [-0.15, -0.1) is 0 Å². The second-order valence-electron chi connectivity index (χ2n) is 7.69. The summed E-state index contributed by atoms with van der Waals surface area (Å²) < 4.78 is 11.3. The zero-order chi connectivity index (χ0) is 22.8. The summed E-state index contributed by atoms with van der Waals surface area (Å²) in [6.45, 7) is 4.94. The van der Waals surface area contributed by atoms with Crippen LogP contribution in [0, 0.1) is 0 Å². The molecule has 0 bridgehead atoms. The van der Waals surface area contributed by atoms with Crippen LogP contribution in [0.4, 0.5) is 0 Å². The Balaban J connectivity index is 1.53. The molecule has 0 saturated heterocycles. The Bertz CT molecular complexity index is 1010. The van der Waals surface area contributed by atoms with E-state index in [4.69, 9.17) is 9.47 Å². The molecule has 0 fully saturated rings. The zero-order valence-corrected chi connectivity index (χ0v) is 18.7. The summed E-state index contributed by atoms with van der Waals surface area (Å²) in [4.78, 5) is 11.3. The third-order valence-corrected chi connectivity index (χ3v) is 5.23. The number of aliphatic carboxylic acids is 1. The first kappa shape index (κ1) is 23.3. The topological polar surface area (TPSA) is 55.8 Å². The summed E-state index contributed by atoms with van der Waals surface area (Å²) in [6, 6.07) is 26.4. The number of hydrogen-bond donors (Lipinski definition) is 1. The molecule has 166 valence electrons. The van der Waals surface area contributed by atoms with Gasteiger partial charge in [-0.25, -0.2) is 4.79 Å². The first-order chi connectivity index (χ1) is 15.6. The van der Waals surface area contributed by atoms with Gasteiger partial charge in [0, 0.05) is 13.0 Å². The zero-order valence-electron chi connectivity index (χ0n) is 18.7. The number of ether oxygens (including phenoxy) is 2. The second kappa shape index (κ2) is 11.9. The highest BCUT2D eigenvalue weighted by Gasteiger charge is 2.18. The molecule has 1 unspecified atom stereocenters. The predicted octanol–water partition coefficient (Wildman–Crippen LogP) is 6.26. The summed E-state index contributed by atoms with van der Waals surface area (Å²) in [5.41, 5.74) is 5.63. The highest BCUT2D eigenvalue weighted by molar-refractivity contribution is 5.72. The maximum Gasteiger partial charge on any atom is 0.333 e. The maximum absolute atomic E-state index is 11.3. The molecule has 0 heterocycles. The molecule has 0 amide bonds. The highest BCUT2D eigenvalue weighted by Crippen LogP contribution is 2.22. The van der Waals surface area contributed by atoms with Gasteiger partial charge in [-0.05, 0) is 59.4 Å². The van der Waals surface area contributed by atoms with Crippen molar-refractivity contribution < 1.29 is 19.4 Å². The largest absolute Gasteiger partial charge is 0.490 e. The molecular weight excluding hydrogens is 400 g/mol. The molecule has 4 heteroatoms. The number of rotatable bonds is 11. The monoisotopic (exact) mass is 430 g/mol. The van der Waals surface area contributed by atoms with Gasteiger partial charge in [0.25, 0.3) is 0 Å². The van der Waals surface area contributed by atoms with Crippen molar-refractivity contribution in [3.05, 3.63) is 96.1 Å². The molecule has 3 rings (SSSR count). The van der Waals surface area contributed by atoms with Crippen LogP contribution >= 0.6 is 0 Å². The fourth-order valence-electron chi connectivity index (χ4n) is 3.35. The van der Waals surface area contributed by atoms with Crippen LogP contribution in [-0.4, -0.2) is 30.4 Å². The van der Waals surface area contributed by atoms with Gasteiger partial charge in [-0.3, -0.25) is 0 Å². The molecule has 3 aromatic carbocycles. The minimum Gasteiger partial charge on any atom is -0.490 e. The number of hydrogen-bond acceptors (Lipinski definition) is 3. The van der Waals surface area contributed by atoms with Crippen LogP contribution in [0.15, 0.2) is 84.9 Å². The van der Waals surface area contributed by atoms with Crippen LogP contribution in [0.25, 0.3) is 16.7 Å². The van der Waals surface area contributed by atoms with Crippen LogP contribution in [0.3, 0.4) is 0 Å². The van der Waals surface area contributed by atoms with E-state index in [1.165, 1.54) is 11.1 Å². The first-order valence-corrected chi connectivity index (χ1v) is 11.0. The summed E-state index contributed by atoms with van der Waals surface area (Å²) in [5.74, 6) is -0.185. The lowest BCUT2D eigenvalue weighted by molar-refractivity contribution is -0.150. The van der Waals surface area contributed by atoms with Gasteiger partial charge in [0.05, 0.1) is 0 Å². The van der Waals surface area contributed by atoms with E-state index in [0.717, 1.165) is 28.9 Å². The van der Waals surface area contributed by atoms with Crippen LogP contribution in [0.1, 0.15) is 31.4 Å². The fraction of sp³-hybridized carbons (Fsp3) is 0.250. The van der Waals surface area contributed by atoms with Gasteiger partial charge in [0.1, 0.15) is 12.4 Å². The summed E-state index contributed by atoms with van der Waals surface area (Å²) >= 11 is 0. The van der Waals surface area contributed by atoms with Gasteiger partial charge < -0.3 is 14.6 Å². The SMILES string of the molecule is CCCOC(Cc1ccc(OCC=C(C)c2ccc(-c3ccccc3)cc2)cc1)C(=O)O. The molecule has 4 nitrogen and oxygen atoms in total. The molecular formula is C28H30O4. The first-order valence-electron chi connectivity index (χ1n) is 11.0. The third-order valence-electron chi connectivity index (χ3n) is 5.23. The van der Waals surface area contributed by atoms with Crippen molar-refractivity contribution in [2.24, 2.45) is 0 Å². The van der Waals surface area contributed by atoms with Crippen LogP contribution in [0.5, 0.6) is 5.75 Å². The van der Waals surface area contributed by atoms with Gasteiger partial charge in [-0.1, -0.05) is 73.7 Å². The van der Waals surface area contributed by atoms with E-state index in [1.54, 1.807) is 0 Å².